The molecule has 1 saturated carbocycles. The van der Waals surface area contributed by atoms with Gasteiger partial charge in [-0.3, -0.25) is 4.74 Å². The lowest BCUT2D eigenvalue weighted by Gasteiger charge is -2.33. The molecule has 3 rings (SSSR count). The summed E-state index contributed by atoms with van der Waals surface area (Å²) in [4.78, 5) is 11.8. The summed E-state index contributed by atoms with van der Waals surface area (Å²) in [7, 11) is 2.90. The topological polar surface area (TPSA) is 54.0 Å². The van der Waals surface area contributed by atoms with Crippen molar-refractivity contribution in [3.05, 3.63) is 47.7 Å². The number of hydrogen-bond acceptors (Lipinski definition) is 5. The monoisotopic (exact) mass is 318 g/mol. The molecule has 1 spiro atoms. The fourth-order valence-corrected chi connectivity index (χ4v) is 3.33. The average molecular weight is 318 g/mol. The Morgan fingerprint density at radius 2 is 1.83 bits per heavy atom. The summed E-state index contributed by atoms with van der Waals surface area (Å²) in [5.41, 5.74) is 0.138. The molecule has 5 heteroatoms. The largest absolute Gasteiger partial charge is 0.466 e. The van der Waals surface area contributed by atoms with Crippen molar-refractivity contribution in [3.8, 4) is 0 Å². The molecule has 0 amide bonds. The molecule has 1 aliphatic heterocycles. The van der Waals surface area contributed by atoms with Crippen molar-refractivity contribution in [2.45, 2.75) is 43.7 Å². The molecule has 5 nitrogen and oxygen atoms in total. The van der Waals surface area contributed by atoms with E-state index in [0.29, 0.717) is 5.76 Å². The molecule has 1 aliphatic carbocycles. The summed E-state index contributed by atoms with van der Waals surface area (Å²) in [5.74, 6) is -1.28. The molecular weight excluding hydrogens is 296 g/mol. The first-order valence-corrected chi connectivity index (χ1v) is 7.94. The molecule has 0 aromatic heterocycles. The van der Waals surface area contributed by atoms with Gasteiger partial charge in [-0.05, 0) is 25.0 Å². The van der Waals surface area contributed by atoms with Crippen LogP contribution in [-0.4, -0.2) is 25.8 Å². The van der Waals surface area contributed by atoms with Crippen LogP contribution in [0.4, 0.5) is 0 Å². The number of hydrogen-bond donors (Lipinski definition) is 0. The van der Waals surface area contributed by atoms with Gasteiger partial charge in [-0.15, -0.1) is 0 Å². The number of carbonyl (C=O) groups is 1. The van der Waals surface area contributed by atoms with E-state index in [1.54, 1.807) is 7.11 Å². The molecule has 1 saturated heterocycles. The van der Waals surface area contributed by atoms with Gasteiger partial charge in [0.2, 0.25) is 0 Å². The van der Waals surface area contributed by atoms with E-state index in [1.165, 1.54) is 13.2 Å². The SMILES string of the molecule is COC(=O)/C=C1/OC(OC)(c2ccccc2)OC12CCCCC2. The first-order valence-electron chi connectivity index (χ1n) is 7.94. The number of ether oxygens (including phenoxy) is 4. The minimum absolute atomic E-state index is 0.450. The third-order valence-corrected chi connectivity index (χ3v) is 4.53. The first kappa shape index (κ1) is 16.0. The van der Waals surface area contributed by atoms with Crippen molar-refractivity contribution in [1.82, 2.24) is 0 Å². The van der Waals surface area contributed by atoms with Crippen LogP contribution in [0.1, 0.15) is 37.7 Å². The van der Waals surface area contributed by atoms with Gasteiger partial charge in [-0.1, -0.05) is 37.5 Å². The van der Waals surface area contributed by atoms with Crippen LogP contribution in [0.5, 0.6) is 0 Å². The maximum absolute atomic E-state index is 11.8. The van der Waals surface area contributed by atoms with Crippen LogP contribution < -0.4 is 0 Å². The van der Waals surface area contributed by atoms with Gasteiger partial charge in [0.15, 0.2) is 0 Å². The van der Waals surface area contributed by atoms with E-state index >= 15 is 0 Å². The Balaban J connectivity index is 2.02. The number of benzene rings is 1. The lowest BCUT2D eigenvalue weighted by molar-refractivity contribution is -0.347. The summed E-state index contributed by atoms with van der Waals surface area (Å²) in [6.07, 6.45) is 6.19. The van der Waals surface area contributed by atoms with E-state index in [4.69, 9.17) is 18.9 Å². The summed E-state index contributed by atoms with van der Waals surface area (Å²) < 4.78 is 22.8. The normalized spacial score (nSPS) is 27.8. The highest BCUT2D eigenvalue weighted by Gasteiger charge is 2.57. The second-order valence-corrected chi connectivity index (χ2v) is 5.92. The Morgan fingerprint density at radius 1 is 1.13 bits per heavy atom. The van der Waals surface area contributed by atoms with Gasteiger partial charge in [0.1, 0.15) is 11.4 Å². The van der Waals surface area contributed by atoms with Gasteiger partial charge < -0.3 is 14.2 Å². The molecule has 23 heavy (non-hydrogen) atoms. The van der Waals surface area contributed by atoms with E-state index in [1.807, 2.05) is 30.3 Å². The fourth-order valence-electron chi connectivity index (χ4n) is 3.33. The number of carbonyl (C=O) groups excluding carboxylic acids is 1. The van der Waals surface area contributed by atoms with Crippen LogP contribution in [0, 0.1) is 0 Å². The molecule has 124 valence electrons. The van der Waals surface area contributed by atoms with Gasteiger partial charge in [-0.25, -0.2) is 4.79 Å². The lowest BCUT2D eigenvalue weighted by Crippen LogP contribution is -2.37. The van der Waals surface area contributed by atoms with Gasteiger partial charge in [-0.2, -0.15) is 0 Å². The van der Waals surface area contributed by atoms with Crippen molar-refractivity contribution in [2.75, 3.05) is 14.2 Å². The minimum Gasteiger partial charge on any atom is -0.466 e. The average Bonchev–Trinajstić information content (AvgIpc) is 2.90. The van der Waals surface area contributed by atoms with E-state index in [-0.39, 0.29) is 0 Å². The van der Waals surface area contributed by atoms with E-state index in [0.717, 1.165) is 37.7 Å². The third kappa shape index (κ3) is 2.86. The zero-order valence-electron chi connectivity index (χ0n) is 13.5. The molecule has 2 aliphatic rings. The molecule has 1 heterocycles. The molecule has 0 bridgehead atoms. The van der Waals surface area contributed by atoms with Crippen LogP contribution in [0.15, 0.2) is 42.2 Å². The Kier molecular flexibility index (Phi) is 4.41. The van der Waals surface area contributed by atoms with Crippen LogP contribution in [-0.2, 0) is 29.7 Å². The smallest absolute Gasteiger partial charge is 0.356 e. The van der Waals surface area contributed by atoms with Gasteiger partial charge in [0.05, 0.1) is 18.7 Å². The maximum Gasteiger partial charge on any atom is 0.356 e. The summed E-state index contributed by atoms with van der Waals surface area (Å²) in [6, 6.07) is 9.50. The minimum atomic E-state index is -1.32. The second-order valence-electron chi connectivity index (χ2n) is 5.92. The van der Waals surface area contributed by atoms with E-state index in [9.17, 15) is 4.79 Å². The van der Waals surface area contributed by atoms with Crippen LogP contribution in [0.25, 0.3) is 0 Å². The van der Waals surface area contributed by atoms with E-state index in [2.05, 4.69) is 0 Å². The van der Waals surface area contributed by atoms with Gasteiger partial charge >= 0.3 is 11.9 Å². The van der Waals surface area contributed by atoms with Gasteiger partial charge in [0.25, 0.3) is 0 Å². The molecule has 0 N–H and O–H groups in total. The van der Waals surface area contributed by atoms with Crippen LogP contribution in [0.2, 0.25) is 0 Å². The Morgan fingerprint density at radius 3 is 2.43 bits per heavy atom. The highest BCUT2D eigenvalue weighted by Crippen LogP contribution is 2.52. The van der Waals surface area contributed by atoms with Crippen LogP contribution in [0.3, 0.4) is 0 Å². The molecule has 1 atom stereocenters. The Bertz CT molecular complexity index is 589. The molecular formula is C18H22O5. The third-order valence-electron chi connectivity index (χ3n) is 4.53. The molecule has 2 fully saturated rings. The Labute approximate surface area is 136 Å². The van der Waals surface area contributed by atoms with Crippen molar-refractivity contribution >= 4 is 5.97 Å². The zero-order valence-corrected chi connectivity index (χ0v) is 13.5. The molecule has 0 radical (unpaired) electrons. The van der Waals surface area contributed by atoms with Gasteiger partial charge in [0, 0.05) is 7.11 Å². The number of esters is 1. The van der Waals surface area contributed by atoms with Crippen molar-refractivity contribution in [2.24, 2.45) is 0 Å². The number of rotatable bonds is 3. The summed E-state index contributed by atoms with van der Waals surface area (Å²) >= 11 is 0. The standard InChI is InChI=1S/C18H22O5/c1-20-16(19)13-15-17(11-7-4-8-12-17)23-18(21-2,22-15)14-9-5-3-6-10-14/h3,5-6,9-10,13H,4,7-8,11-12H2,1-2H3/b15-13+. The fraction of sp³-hybridized carbons (Fsp3) is 0.500. The lowest BCUT2D eigenvalue weighted by atomic mass is 9.83. The first-order chi connectivity index (χ1) is 11.1. The predicted octanol–water partition coefficient (Wildman–Crippen LogP) is 3.25. The molecule has 1 unspecified atom stereocenters. The highest BCUT2D eigenvalue weighted by atomic mass is 16.9. The zero-order chi connectivity index (χ0) is 16.3. The van der Waals surface area contributed by atoms with Crippen LogP contribution >= 0.6 is 0 Å². The van der Waals surface area contributed by atoms with Crippen molar-refractivity contribution < 1.29 is 23.7 Å². The quantitative estimate of drug-likeness (QED) is 0.632. The van der Waals surface area contributed by atoms with E-state index < -0.39 is 17.5 Å². The molecule has 1 aromatic carbocycles. The summed E-state index contributed by atoms with van der Waals surface area (Å²) in [5, 5.41) is 0. The second kappa shape index (κ2) is 6.34. The van der Waals surface area contributed by atoms with Crippen molar-refractivity contribution in [3.63, 3.8) is 0 Å². The van der Waals surface area contributed by atoms with Crippen molar-refractivity contribution in [1.29, 1.82) is 0 Å². The predicted molar refractivity (Wildman–Crippen MR) is 83.2 cm³/mol. The number of methoxy groups -OCH3 is 2. The Hall–Kier alpha value is -1.85. The highest BCUT2D eigenvalue weighted by molar-refractivity contribution is 5.82. The maximum atomic E-state index is 11.8. The summed E-state index contributed by atoms with van der Waals surface area (Å²) in [6.45, 7) is 0. The molecule has 1 aromatic rings.